The highest BCUT2D eigenvalue weighted by Crippen LogP contribution is 2.32. The third-order valence-corrected chi connectivity index (χ3v) is 9.83. The summed E-state index contributed by atoms with van der Waals surface area (Å²) in [6.45, 7) is 28.3. The smallest absolute Gasteiger partial charge is 0.329 e. The fraction of sp³-hybridized carbons (Fsp3) is 0.667. The van der Waals surface area contributed by atoms with Crippen LogP contribution in [0.4, 0.5) is 4.79 Å². The van der Waals surface area contributed by atoms with Gasteiger partial charge in [-0.25, -0.2) is 14.4 Å². The van der Waals surface area contributed by atoms with Gasteiger partial charge < -0.3 is 40.8 Å². The van der Waals surface area contributed by atoms with E-state index in [0.717, 1.165) is 54.3 Å². The van der Waals surface area contributed by atoms with Gasteiger partial charge in [-0.15, -0.1) is 0 Å². The molecule has 1 aliphatic rings. The molecule has 364 valence electrons. The molecular formula is C51H87N5O8. The van der Waals surface area contributed by atoms with E-state index in [1.165, 1.54) is 13.5 Å². The number of carbonyl (C=O) groups is 5. The van der Waals surface area contributed by atoms with Crippen molar-refractivity contribution in [3.63, 3.8) is 0 Å². The molecule has 0 radical (unpaired) electrons. The molecule has 1 fully saturated rings. The summed E-state index contributed by atoms with van der Waals surface area (Å²) in [5.41, 5.74) is 0.380. The summed E-state index contributed by atoms with van der Waals surface area (Å²) in [5, 5.41) is 17.3. The van der Waals surface area contributed by atoms with E-state index in [-0.39, 0.29) is 25.2 Å². The number of benzene rings is 2. The van der Waals surface area contributed by atoms with Gasteiger partial charge in [-0.1, -0.05) is 97.0 Å². The topological polar surface area (TPSA) is 173 Å². The van der Waals surface area contributed by atoms with Crippen molar-refractivity contribution >= 4 is 40.6 Å². The number of allylic oxidation sites excluding steroid dienone is 1. The number of urea groups is 1. The summed E-state index contributed by atoms with van der Waals surface area (Å²) in [4.78, 5) is 64.9. The summed E-state index contributed by atoms with van der Waals surface area (Å²) in [6.07, 6.45) is 7.04. The van der Waals surface area contributed by atoms with Gasteiger partial charge in [0.25, 0.3) is 0 Å². The van der Waals surface area contributed by atoms with Gasteiger partial charge in [0.05, 0.1) is 7.11 Å². The lowest BCUT2D eigenvalue weighted by molar-refractivity contribution is -0.158. The number of nitrogens with one attached hydrogen (secondary N) is 5. The molecule has 0 saturated heterocycles. The molecule has 0 aromatic heterocycles. The first-order valence-corrected chi connectivity index (χ1v) is 23.7. The fourth-order valence-electron chi connectivity index (χ4n) is 6.99. The second-order valence-electron chi connectivity index (χ2n) is 17.8. The van der Waals surface area contributed by atoms with Crippen molar-refractivity contribution in [3.8, 4) is 0 Å². The van der Waals surface area contributed by atoms with Crippen LogP contribution >= 0.6 is 0 Å². The SMILES string of the molecule is C=C(NC(Cc1ccc2ccccc2c1)C(=O)NCCCCC(NC(=O)NC(CCC(=O)OC(C)(C)C)C(=O)OC(C)(C)C)C(=O)OC)C1CCC(CNC)CC1.CC.CC.CCC. The van der Waals surface area contributed by atoms with Crippen molar-refractivity contribution in [2.45, 2.75) is 183 Å². The van der Waals surface area contributed by atoms with Gasteiger partial charge in [-0.05, 0) is 135 Å². The monoisotopic (exact) mass is 898 g/mol. The average Bonchev–Trinajstić information content (AvgIpc) is 3.24. The van der Waals surface area contributed by atoms with Crippen LogP contribution in [-0.2, 0) is 39.8 Å². The molecular weight excluding hydrogens is 811 g/mol. The van der Waals surface area contributed by atoms with Gasteiger partial charge in [0, 0.05) is 25.1 Å². The maximum atomic E-state index is 13.7. The normalized spacial score (nSPS) is 15.9. The number of carbonyl (C=O) groups excluding carboxylic acids is 5. The minimum atomic E-state index is -1.18. The van der Waals surface area contributed by atoms with Gasteiger partial charge in [0.15, 0.2) is 0 Å². The summed E-state index contributed by atoms with van der Waals surface area (Å²) >= 11 is 0. The average molecular weight is 898 g/mol. The van der Waals surface area contributed by atoms with E-state index in [0.29, 0.717) is 37.6 Å². The number of methoxy groups -OCH3 is 1. The highest BCUT2D eigenvalue weighted by molar-refractivity contribution is 5.88. The summed E-state index contributed by atoms with van der Waals surface area (Å²) in [6, 6.07) is 10.9. The highest BCUT2D eigenvalue weighted by atomic mass is 16.6. The predicted molar refractivity (Wildman–Crippen MR) is 261 cm³/mol. The number of esters is 3. The Bertz CT molecular complexity index is 1680. The standard InChI is InChI=1S/C44H67N5O8.C3H8.2C2H6/c1-29(32-20-17-30(18-21-32)28-45-8)47-37(27-31-19-22-33-14-10-11-15-34(33)26-31)39(51)46-25-13-12-16-35(40(52)55-9)48-42(54)49-36(41(53)57-44(5,6)7)23-24-38(50)56-43(2,3)4;1-3-2;2*1-2/h10-11,14-15,19,22,26,30,32,35-37,45,47H,1,12-13,16-18,20-21,23-25,27-28H2,2-9H3,(H,46,51)(H2,48,49,54);3H2,1-2H3;2*1-2H3. The Morgan fingerprint density at radius 2 is 1.30 bits per heavy atom. The van der Waals surface area contributed by atoms with Gasteiger partial charge in [0.2, 0.25) is 5.91 Å². The van der Waals surface area contributed by atoms with Crippen molar-refractivity contribution in [3.05, 3.63) is 60.3 Å². The zero-order valence-corrected chi connectivity index (χ0v) is 42.1. The molecule has 0 bridgehead atoms. The number of amides is 3. The molecule has 0 heterocycles. The van der Waals surface area contributed by atoms with E-state index in [9.17, 15) is 24.0 Å². The fourth-order valence-corrected chi connectivity index (χ4v) is 6.99. The molecule has 13 heteroatoms. The maximum absolute atomic E-state index is 13.7. The summed E-state index contributed by atoms with van der Waals surface area (Å²) in [7, 11) is 3.21. The molecule has 3 rings (SSSR count). The number of hydrogen-bond acceptors (Lipinski definition) is 10. The van der Waals surface area contributed by atoms with Crippen molar-refractivity contribution < 1.29 is 38.2 Å². The van der Waals surface area contributed by atoms with Crippen LogP contribution in [0.2, 0.25) is 0 Å². The summed E-state index contributed by atoms with van der Waals surface area (Å²) in [5.74, 6) is -1.09. The maximum Gasteiger partial charge on any atom is 0.329 e. The highest BCUT2D eigenvalue weighted by Gasteiger charge is 2.31. The zero-order valence-electron chi connectivity index (χ0n) is 42.1. The molecule has 3 unspecified atom stereocenters. The largest absolute Gasteiger partial charge is 0.467 e. The lowest BCUT2D eigenvalue weighted by Gasteiger charge is -2.32. The molecule has 3 amide bonds. The Labute approximate surface area is 386 Å². The number of unbranched alkanes of at least 4 members (excludes halogenated alkanes) is 1. The first-order valence-electron chi connectivity index (χ1n) is 23.7. The number of fused-ring (bicyclic) bond motifs is 1. The quantitative estimate of drug-likeness (QED) is 0.0490. The van der Waals surface area contributed by atoms with Crippen LogP contribution in [0.15, 0.2) is 54.7 Å². The van der Waals surface area contributed by atoms with E-state index < -0.39 is 53.3 Å². The molecule has 3 atom stereocenters. The van der Waals surface area contributed by atoms with Crippen LogP contribution in [0, 0.1) is 11.8 Å². The van der Waals surface area contributed by atoms with Gasteiger partial charge in [0.1, 0.15) is 29.3 Å². The predicted octanol–water partition coefficient (Wildman–Crippen LogP) is 9.31. The minimum Gasteiger partial charge on any atom is -0.467 e. The first kappa shape index (κ1) is 59.4. The molecule has 13 nitrogen and oxygen atoms in total. The lowest BCUT2D eigenvalue weighted by atomic mass is 9.80. The van der Waals surface area contributed by atoms with Crippen LogP contribution in [0.25, 0.3) is 10.8 Å². The molecule has 64 heavy (non-hydrogen) atoms. The van der Waals surface area contributed by atoms with Crippen molar-refractivity contribution in [2.24, 2.45) is 11.8 Å². The van der Waals surface area contributed by atoms with Crippen LogP contribution in [0.5, 0.6) is 0 Å². The second kappa shape index (κ2) is 32.1. The van der Waals surface area contributed by atoms with Gasteiger partial charge >= 0.3 is 23.9 Å². The number of rotatable bonds is 20. The lowest BCUT2D eigenvalue weighted by Crippen LogP contribution is -2.52. The molecule has 0 spiro atoms. The Balaban J connectivity index is 0.00000535. The molecule has 2 aromatic rings. The Kier molecular flexibility index (Phi) is 29.7. The molecule has 0 aliphatic heterocycles. The Morgan fingerprint density at radius 1 is 0.734 bits per heavy atom. The first-order chi connectivity index (χ1) is 30.3. The molecule has 1 saturated carbocycles. The third-order valence-electron chi connectivity index (χ3n) is 9.83. The molecule has 1 aliphatic carbocycles. The minimum absolute atomic E-state index is 0.0678. The van der Waals surface area contributed by atoms with Crippen LogP contribution in [0.1, 0.15) is 153 Å². The van der Waals surface area contributed by atoms with Gasteiger partial charge in [-0.3, -0.25) is 9.59 Å². The van der Waals surface area contributed by atoms with Crippen molar-refractivity contribution in [1.82, 2.24) is 26.6 Å². The van der Waals surface area contributed by atoms with E-state index in [4.69, 9.17) is 14.2 Å². The van der Waals surface area contributed by atoms with E-state index in [1.807, 2.05) is 46.9 Å². The zero-order chi connectivity index (χ0) is 48.9. The summed E-state index contributed by atoms with van der Waals surface area (Å²) < 4.78 is 15.8. The van der Waals surface area contributed by atoms with Crippen molar-refractivity contribution in [2.75, 3.05) is 27.2 Å². The van der Waals surface area contributed by atoms with Crippen molar-refractivity contribution in [1.29, 1.82) is 0 Å². The second-order valence-corrected chi connectivity index (χ2v) is 17.8. The van der Waals surface area contributed by atoms with Crippen LogP contribution in [-0.4, -0.2) is 86.4 Å². The van der Waals surface area contributed by atoms with E-state index in [2.05, 4.69) is 77.3 Å². The number of ether oxygens (including phenoxy) is 3. The number of hydrogen-bond donors (Lipinski definition) is 5. The third kappa shape index (κ3) is 25.0. The molecule has 2 aromatic carbocycles. The molecule has 5 N–H and O–H groups in total. The Hall–Kier alpha value is -4.65. The van der Waals surface area contributed by atoms with Crippen LogP contribution in [0.3, 0.4) is 0 Å². The van der Waals surface area contributed by atoms with E-state index in [1.54, 1.807) is 41.5 Å². The van der Waals surface area contributed by atoms with E-state index >= 15 is 0 Å². The van der Waals surface area contributed by atoms with Crippen LogP contribution < -0.4 is 26.6 Å². The van der Waals surface area contributed by atoms with Gasteiger partial charge in [-0.2, -0.15) is 0 Å². The Morgan fingerprint density at radius 3 is 1.84 bits per heavy atom.